The third-order valence-corrected chi connectivity index (χ3v) is 3.62. The van der Waals surface area contributed by atoms with Crippen LogP contribution in [0.4, 0.5) is 22.0 Å². The van der Waals surface area contributed by atoms with E-state index in [1.54, 1.807) is 18.2 Å². The number of aliphatic hydroxyl groups is 1. The largest absolute Gasteiger partial charge is 0.376 e. The lowest BCUT2D eigenvalue weighted by atomic mass is 10.0. The number of fused-ring (bicyclic) bond motifs is 1. The van der Waals surface area contributed by atoms with Crippen LogP contribution in [0, 0.1) is 40.9 Å². The molecule has 6 heteroatoms. The molecule has 0 aliphatic rings. The normalized spacial score (nSPS) is 11.9. The summed E-state index contributed by atoms with van der Waals surface area (Å²) < 4.78 is 66.7. The van der Waals surface area contributed by atoms with E-state index in [-0.39, 0.29) is 0 Å². The Balaban J connectivity index is 2.00. The first kappa shape index (κ1) is 16.9. The molecule has 0 heterocycles. The summed E-state index contributed by atoms with van der Waals surface area (Å²) in [5.41, 5.74) is -0.952. The maximum atomic E-state index is 13.6. The minimum absolute atomic E-state index is 0.418. The second-order valence-electron chi connectivity index (χ2n) is 5.22. The van der Waals surface area contributed by atoms with E-state index in [0.29, 0.717) is 5.56 Å². The van der Waals surface area contributed by atoms with Gasteiger partial charge in [0.15, 0.2) is 23.3 Å². The van der Waals surface area contributed by atoms with Crippen LogP contribution in [-0.4, -0.2) is 5.11 Å². The predicted molar refractivity (Wildman–Crippen MR) is 82.0 cm³/mol. The van der Waals surface area contributed by atoms with Crippen LogP contribution in [0.5, 0.6) is 0 Å². The van der Waals surface area contributed by atoms with Gasteiger partial charge in [0.25, 0.3) is 0 Å². The second-order valence-corrected chi connectivity index (χ2v) is 5.22. The van der Waals surface area contributed by atoms with Gasteiger partial charge in [-0.25, -0.2) is 22.0 Å². The van der Waals surface area contributed by atoms with E-state index in [0.717, 1.165) is 10.8 Å². The van der Waals surface area contributed by atoms with Crippen molar-refractivity contribution >= 4 is 10.8 Å². The van der Waals surface area contributed by atoms with E-state index < -0.39 is 40.8 Å². The predicted octanol–water partition coefficient (Wildman–Crippen LogP) is 4.62. The molecule has 0 bridgehead atoms. The maximum absolute atomic E-state index is 13.6. The first-order valence-corrected chi connectivity index (χ1v) is 7.10. The van der Waals surface area contributed by atoms with Gasteiger partial charge in [-0.3, -0.25) is 0 Å². The number of hydrogen-bond acceptors (Lipinski definition) is 1. The molecule has 3 aromatic carbocycles. The zero-order valence-electron chi connectivity index (χ0n) is 12.5. The van der Waals surface area contributed by atoms with Crippen LogP contribution in [0.1, 0.15) is 17.2 Å². The molecule has 0 saturated carbocycles. The van der Waals surface area contributed by atoms with Gasteiger partial charge in [0.2, 0.25) is 5.82 Å². The highest BCUT2D eigenvalue weighted by Gasteiger charge is 2.28. The van der Waals surface area contributed by atoms with Gasteiger partial charge in [-0.05, 0) is 22.9 Å². The third kappa shape index (κ3) is 3.06. The molecule has 1 nitrogen and oxygen atoms in total. The Morgan fingerprint density at radius 1 is 0.720 bits per heavy atom. The molecule has 0 fully saturated rings. The molecule has 0 radical (unpaired) electrons. The lowest BCUT2D eigenvalue weighted by Crippen LogP contribution is -2.10. The smallest absolute Gasteiger partial charge is 0.200 e. The van der Waals surface area contributed by atoms with Crippen LogP contribution in [0.2, 0.25) is 0 Å². The highest BCUT2D eigenvalue weighted by atomic mass is 19.2. The molecule has 0 aliphatic heterocycles. The second kappa shape index (κ2) is 6.54. The number of aliphatic hydroxyl groups excluding tert-OH is 1. The summed E-state index contributed by atoms with van der Waals surface area (Å²) in [5, 5.41) is 11.6. The van der Waals surface area contributed by atoms with E-state index in [4.69, 9.17) is 0 Å². The van der Waals surface area contributed by atoms with Gasteiger partial charge in [-0.2, -0.15) is 0 Å². The summed E-state index contributed by atoms with van der Waals surface area (Å²) in [7, 11) is 0. The van der Waals surface area contributed by atoms with E-state index >= 15 is 0 Å². The molecule has 0 spiro atoms. The van der Waals surface area contributed by atoms with Crippen molar-refractivity contribution in [2.75, 3.05) is 0 Å². The Labute approximate surface area is 139 Å². The van der Waals surface area contributed by atoms with Gasteiger partial charge in [-0.1, -0.05) is 42.2 Å². The molecule has 25 heavy (non-hydrogen) atoms. The SMILES string of the molecule is O[C@H](C#Cc1ccc2ccccc2c1)c1c(F)c(F)c(F)c(F)c1F. The van der Waals surface area contributed by atoms with Crippen molar-refractivity contribution in [2.24, 2.45) is 0 Å². The average molecular weight is 348 g/mol. The van der Waals surface area contributed by atoms with Gasteiger partial charge in [0.05, 0.1) is 5.56 Å². The molecule has 3 aromatic rings. The number of benzene rings is 3. The summed E-state index contributed by atoms with van der Waals surface area (Å²) >= 11 is 0. The monoisotopic (exact) mass is 348 g/mol. The van der Waals surface area contributed by atoms with E-state index in [2.05, 4.69) is 11.8 Å². The third-order valence-electron chi connectivity index (χ3n) is 3.62. The van der Waals surface area contributed by atoms with Crippen molar-refractivity contribution in [3.8, 4) is 11.8 Å². The van der Waals surface area contributed by atoms with Crippen molar-refractivity contribution in [3.63, 3.8) is 0 Å². The fraction of sp³-hybridized carbons (Fsp3) is 0.0526. The summed E-state index contributed by atoms with van der Waals surface area (Å²) in [5.74, 6) is -6.16. The molecule has 3 rings (SSSR count). The van der Waals surface area contributed by atoms with Gasteiger partial charge in [0, 0.05) is 5.56 Å². The quantitative estimate of drug-likeness (QED) is 0.294. The van der Waals surface area contributed by atoms with E-state index in [1.807, 2.05) is 24.3 Å². The summed E-state index contributed by atoms with van der Waals surface area (Å²) in [6, 6.07) is 12.4. The van der Waals surface area contributed by atoms with Gasteiger partial charge in [0.1, 0.15) is 6.10 Å². The molecular formula is C19H9F5O. The summed E-state index contributed by atoms with van der Waals surface area (Å²) in [4.78, 5) is 0. The minimum atomic E-state index is -2.28. The summed E-state index contributed by atoms with van der Waals surface area (Å²) in [6.45, 7) is 0. The standard InChI is InChI=1S/C19H9F5O/c20-15-14(16(21)18(23)19(24)17(15)22)13(25)8-6-10-5-7-11-3-1-2-4-12(11)9-10/h1-5,7,9,13,25H/t13-/m1/s1. The molecular weight excluding hydrogens is 339 g/mol. The Kier molecular flexibility index (Phi) is 4.43. The van der Waals surface area contributed by atoms with Crippen LogP contribution >= 0.6 is 0 Å². The molecule has 0 aromatic heterocycles. The molecule has 1 atom stereocenters. The Morgan fingerprint density at radius 2 is 1.28 bits per heavy atom. The van der Waals surface area contributed by atoms with Crippen molar-refractivity contribution in [1.82, 2.24) is 0 Å². The Hall–Kier alpha value is -2.91. The van der Waals surface area contributed by atoms with E-state index in [1.165, 1.54) is 0 Å². The van der Waals surface area contributed by atoms with Crippen LogP contribution in [0.15, 0.2) is 42.5 Å². The van der Waals surface area contributed by atoms with Gasteiger partial charge in [-0.15, -0.1) is 0 Å². The Morgan fingerprint density at radius 3 is 1.92 bits per heavy atom. The average Bonchev–Trinajstić information content (AvgIpc) is 2.63. The van der Waals surface area contributed by atoms with Crippen molar-refractivity contribution in [3.05, 3.63) is 82.7 Å². The summed E-state index contributed by atoms with van der Waals surface area (Å²) in [6.07, 6.45) is -2.17. The van der Waals surface area contributed by atoms with E-state index in [9.17, 15) is 27.1 Å². The molecule has 0 saturated heterocycles. The lowest BCUT2D eigenvalue weighted by Gasteiger charge is -2.09. The first-order chi connectivity index (χ1) is 11.9. The fourth-order valence-corrected chi connectivity index (χ4v) is 2.35. The van der Waals surface area contributed by atoms with Crippen LogP contribution in [-0.2, 0) is 0 Å². The van der Waals surface area contributed by atoms with Crippen molar-refractivity contribution in [1.29, 1.82) is 0 Å². The molecule has 0 unspecified atom stereocenters. The number of hydrogen-bond donors (Lipinski definition) is 1. The zero-order chi connectivity index (χ0) is 18.1. The number of rotatable bonds is 1. The molecule has 0 amide bonds. The maximum Gasteiger partial charge on any atom is 0.200 e. The highest BCUT2D eigenvalue weighted by Crippen LogP contribution is 2.27. The van der Waals surface area contributed by atoms with Gasteiger partial charge < -0.3 is 5.11 Å². The Bertz CT molecular complexity index is 1000. The zero-order valence-corrected chi connectivity index (χ0v) is 12.5. The van der Waals surface area contributed by atoms with Crippen LogP contribution < -0.4 is 0 Å². The minimum Gasteiger partial charge on any atom is -0.376 e. The first-order valence-electron chi connectivity index (χ1n) is 7.10. The highest BCUT2D eigenvalue weighted by molar-refractivity contribution is 5.83. The lowest BCUT2D eigenvalue weighted by molar-refractivity contribution is 0.219. The van der Waals surface area contributed by atoms with Crippen molar-refractivity contribution < 1.29 is 27.1 Å². The van der Waals surface area contributed by atoms with Crippen molar-refractivity contribution in [2.45, 2.75) is 6.10 Å². The molecule has 126 valence electrons. The van der Waals surface area contributed by atoms with Crippen LogP contribution in [0.25, 0.3) is 10.8 Å². The number of halogens is 5. The van der Waals surface area contributed by atoms with Crippen LogP contribution in [0.3, 0.4) is 0 Å². The topological polar surface area (TPSA) is 20.2 Å². The fourth-order valence-electron chi connectivity index (χ4n) is 2.35. The molecule has 1 N–H and O–H groups in total. The van der Waals surface area contributed by atoms with Gasteiger partial charge >= 0.3 is 0 Å². The molecule has 0 aliphatic carbocycles.